The fourth-order valence-electron chi connectivity index (χ4n) is 2.20. The molecule has 20 heavy (non-hydrogen) atoms. The molecule has 0 aliphatic heterocycles. The molecule has 0 aliphatic rings. The highest BCUT2D eigenvalue weighted by Crippen LogP contribution is 2.34. The molecule has 0 spiro atoms. The second kappa shape index (κ2) is 5.72. The molecule has 0 unspecified atom stereocenters. The van der Waals surface area contributed by atoms with Crippen LogP contribution in [0.5, 0.6) is 0 Å². The van der Waals surface area contributed by atoms with Crippen molar-refractivity contribution in [2.45, 2.75) is 13.0 Å². The van der Waals surface area contributed by atoms with E-state index in [1.54, 1.807) is 55.3 Å². The number of para-hydroxylation sites is 2. The highest BCUT2D eigenvalue weighted by molar-refractivity contribution is 5.71. The van der Waals surface area contributed by atoms with Crippen LogP contribution in [0.2, 0.25) is 0 Å². The first-order valence-corrected chi connectivity index (χ1v) is 6.25. The number of halogens is 1. The van der Waals surface area contributed by atoms with E-state index in [1.807, 2.05) is 0 Å². The lowest BCUT2D eigenvalue weighted by Crippen LogP contribution is -2.16. The van der Waals surface area contributed by atoms with Crippen molar-refractivity contribution in [3.05, 3.63) is 59.4 Å². The van der Waals surface area contributed by atoms with E-state index in [2.05, 4.69) is 6.07 Å². The Morgan fingerprint density at radius 1 is 1.20 bits per heavy atom. The van der Waals surface area contributed by atoms with Crippen molar-refractivity contribution in [1.29, 1.82) is 5.26 Å². The number of hydrogen-bond acceptors (Lipinski definition) is 3. The molecule has 0 heterocycles. The third-order valence-electron chi connectivity index (χ3n) is 3.19. The van der Waals surface area contributed by atoms with Gasteiger partial charge in [-0.3, -0.25) is 0 Å². The van der Waals surface area contributed by atoms with Crippen molar-refractivity contribution < 1.29 is 9.50 Å². The average Bonchev–Trinajstić information content (AvgIpc) is 2.46. The maximum Gasteiger partial charge on any atom is 0.147 e. The first-order valence-electron chi connectivity index (χ1n) is 6.25. The van der Waals surface area contributed by atoms with E-state index < -0.39 is 11.9 Å². The third-order valence-corrected chi connectivity index (χ3v) is 3.19. The van der Waals surface area contributed by atoms with Crippen LogP contribution in [0.1, 0.15) is 24.2 Å². The van der Waals surface area contributed by atoms with Crippen LogP contribution in [-0.2, 0) is 0 Å². The molecular weight excluding hydrogens is 255 g/mol. The highest BCUT2D eigenvalue weighted by Gasteiger charge is 2.18. The molecule has 1 atom stereocenters. The molecule has 0 radical (unpaired) electrons. The summed E-state index contributed by atoms with van der Waals surface area (Å²) in [6.45, 7) is 1.59. The quantitative estimate of drug-likeness (QED) is 0.928. The lowest BCUT2D eigenvalue weighted by atomic mass is 10.1. The molecule has 0 bridgehead atoms. The van der Waals surface area contributed by atoms with Gasteiger partial charge in [-0.25, -0.2) is 4.39 Å². The number of benzene rings is 2. The van der Waals surface area contributed by atoms with E-state index in [4.69, 9.17) is 5.26 Å². The van der Waals surface area contributed by atoms with Crippen LogP contribution >= 0.6 is 0 Å². The molecule has 0 aromatic heterocycles. The Hall–Kier alpha value is -2.38. The summed E-state index contributed by atoms with van der Waals surface area (Å²) in [5.74, 6) is -0.432. The van der Waals surface area contributed by atoms with Crippen molar-refractivity contribution in [2.24, 2.45) is 0 Å². The van der Waals surface area contributed by atoms with Gasteiger partial charge in [0.15, 0.2) is 0 Å². The smallest absolute Gasteiger partial charge is 0.147 e. The van der Waals surface area contributed by atoms with E-state index in [1.165, 1.54) is 6.07 Å². The number of aliphatic hydroxyl groups is 1. The Morgan fingerprint density at radius 2 is 1.90 bits per heavy atom. The van der Waals surface area contributed by atoms with Crippen LogP contribution < -0.4 is 4.90 Å². The summed E-state index contributed by atoms with van der Waals surface area (Å²) < 4.78 is 14.1. The number of aliphatic hydroxyl groups excluding tert-OH is 1. The van der Waals surface area contributed by atoms with Crippen LogP contribution in [-0.4, -0.2) is 12.2 Å². The van der Waals surface area contributed by atoms with Gasteiger partial charge in [-0.1, -0.05) is 24.3 Å². The minimum atomic E-state index is -0.794. The van der Waals surface area contributed by atoms with Crippen LogP contribution in [0.4, 0.5) is 15.8 Å². The molecule has 2 aromatic carbocycles. The van der Waals surface area contributed by atoms with E-state index in [9.17, 15) is 9.50 Å². The molecule has 0 amide bonds. The monoisotopic (exact) mass is 270 g/mol. The van der Waals surface area contributed by atoms with E-state index in [-0.39, 0.29) is 5.69 Å². The predicted octanol–water partition coefficient (Wildman–Crippen LogP) is 3.52. The average molecular weight is 270 g/mol. The lowest BCUT2D eigenvalue weighted by molar-refractivity contribution is 0.199. The van der Waals surface area contributed by atoms with Crippen LogP contribution in [0.15, 0.2) is 42.5 Å². The van der Waals surface area contributed by atoms with Gasteiger partial charge >= 0.3 is 0 Å². The van der Waals surface area contributed by atoms with E-state index in [0.29, 0.717) is 16.8 Å². The number of nitrogens with zero attached hydrogens (tertiary/aromatic N) is 2. The van der Waals surface area contributed by atoms with Gasteiger partial charge in [0.25, 0.3) is 0 Å². The Labute approximate surface area is 117 Å². The van der Waals surface area contributed by atoms with Crippen LogP contribution in [0.3, 0.4) is 0 Å². The first kappa shape index (κ1) is 14.0. The minimum absolute atomic E-state index is 0.283. The van der Waals surface area contributed by atoms with Crippen molar-refractivity contribution in [2.75, 3.05) is 11.9 Å². The number of rotatable bonds is 3. The molecule has 102 valence electrons. The van der Waals surface area contributed by atoms with Crippen LogP contribution in [0, 0.1) is 17.1 Å². The molecule has 4 heteroatoms. The second-order valence-electron chi connectivity index (χ2n) is 4.54. The van der Waals surface area contributed by atoms with Crippen molar-refractivity contribution in [1.82, 2.24) is 0 Å². The van der Waals surface area contributed by atoms with Gasteiger partial charge in [0.05, 0.1) is 23.0 Å². The lowest BCUT2D eigenvalue weighted by Gasteiger charge is -2.25. The first-order chi connectivity index (χ1) is 9.56. The topological polar surface area (TPSA) is 47.3 Å². The molecule has 2 aromatic rings. The van der Waals surface area contributed by atoms with Gasteiger partial charge in [0.2, 0.25) is 0 Å². The van der Waals surface area contributed by atoms with E-state index >= 15 is 0 Å². The second-order valence-corrected chi connectivity index (χ2v) is 4.54. The standard InChI is InChI=1S/C16H15FN2O/c1-11(20)13-7-5-8-14(17)16(13)19(2)15-9-4-3-6-12(15)10-18/h3-9,11,20H,1-2H3/t11-/m0/s1. The van der Waals surface area contributed by atoms with E-state index in [0.717, 1.165) is 0 Å². The Morgan fingerprint density at radius 3 is 2.55 bits per heavy atom. The summed E-state index contributed by atoms with van der Waals surface area (Å²) in [7, 11) is 1.68. The highest BCUT2D eigenvalue weighted by atomic mass is 19.1. The summed E-state index contributed by atoms with van der Waals surface area (Å²) in [4.78, 5) is 1.59. The molecule has 0 fully saturated rings. The van der Waals surface area contributed by atoms with Crippen molar-refractivity contribution in [3.63, 3.8) is 0 Å². The number of anilines is 2. The molecule has 0 aliphatic carbocycles. The molecule has 0 saturated carbocycles. The molecule has 3 nitrogen and oxygen atoms in total. The molecule has 2 rings (SSSR count). The largest absolute Gasteiger partial charge is 0.389 e. The van der Waals surface area contributed by atoms with Gasteiger partial charge < -0.3 is 10.0 Å². The van der Waals surface area contributed by atoms with Gasteiger partial charge in [-0.15, -0.1) is 0 Å². The van der Waals surface area contributed by atoms with Crippen molar-refractivity contribution in [3.8, 4) is 6.07 Å². The third kappa shape index (κ3) is 2.49. The fraction of sp³-hybridized carbons (Fsp3) is 0.188. The molecule has 1 N–H and O–H groups in total. The normalized spacial score (nSPS) is 11.8. The fourth-order valence-corrected chi connectivity index (χ4v) is 2.20. The van der Waals surface area contributed by atoms with Gasteiger partial charge in [0.1, 0.15) is 11.9 Å². The van der Waals surface area contributed by atoms with Crippen molar-refractivity contribution >= 4 is 11.4 Å². The maximum atomic E-state index is 14.1. The Kier molecular flexibility index (Phi) is 4.02. The maximum absolute atomic E-state index is 14.1. The zero-order valence-corrected chi connectivity index (χ0v) is 11.3. The molecule has 0 saturated heterocycles. The van der Waals surface area contributed by atoms with Gasteiger partial charge in [0, 0.05) is 12.6 Å². The number of nitriles is 1. The minimum Gasteiger partial charge on any atom is -0.389 e. The molecular formula is C16H15FN2O. The Balaban J connectivity index is 2.60. The summed E-state index contributed by atoms with van der Waals surface area (Å²) in [6, 6.07) is 13.6. The summed E-state index contributed by atoms with van der Waals surface area (Å²) >= 11 is 0. The predicted molar refractivity (Wildman–Crippen MR) is 76.3 cm³/mol. The van der Waals surface area contributed by atoms with Crippen LogP contribution in [0.25, 0.3) is 0 Å². The summed E-state index contributed by atoms with van der Waals surface area (Å²) in [6.07, 6.45) is -0.794. The Bertz CT molecular complexity index is 662. The zero-order chi connectivity index (χ0) is 14.7. The van der Waals surface area contributed by atoms with Gasteiger partial charge in [-0.2, -0.15) is 5.26 Å². The number of hydrogen-bond donors (Lipinski definition) is 1. The SMILES string of the molecule is C[C@H](O)c1cccc(F)c1N(C)c1ccccc1C#N. The summed E-state index contributed by atoms with van der Waals surface area (Å²) in [5.41, 5.74) is 1.82. The zero-order valence-electron chi connectivity index (χ0n) is 11.3. The summed E-state index contributed by atoms with van der Waals surface area (Å²) in [5, 5.41) is 18.9. The van der Waals surface area contributed by atoms with Gasteiger partial charge in [-0.05, 0) is 25.1 Å².